The summed E-state index contributed by atoms with van der Waals surface area (Å²) in [6.45, 7) is 15.4. The second-order valence-electron chi connectivity index (χ2n) is 3.60. The Hall–Kier alpha value is -0.610. The van der Waals surface area contributed by atoms with Crippen LogP contribution in [0.3, 0.4) is 0 Å². The lowest BCUT2D eigenvalue weighted by atomic mass is 10.3. The first kappa shape index (κ1) is 16.8. The van der Waals surface area contributed by atoms with E-state index in [1.165, 1.54) is 30.7 Å². The standard InChI is InChI=1S/C8H20N.C3H6O3/c1-5-9(6-2,7-3)8-4;1-2(4)3(5)6/h5-8H2,1-4H3;2,4H,1H3,(H,5,6)/q+1;/p-1. The van der Waals surface area contributed by atoms with Crippen molar-refractivity contribution in [2.24, 2.45) is 0 Å². The zero-order valence-electron chi connectivity index (χ0n) is 10.6. The first-order valence-electron chi connectivity index (χ1n) is 5.63. The van der Waals surface area contributed by atoms with Gasteiger partial charge in [-0.25, -0.2) is 0 Å². The minimum Gasteiger partial charge on any atom is -0.547 e. The van der Waals surface area contributed by atoms with Crippen LogP contribution >= 0.6 is 0 Å². The van der Waals surface area contributed by atoms with Crippen LogP contribution in [0, 0.1) is 0 Å². The van der Waals surface area contributed by atoms with Gasteiger partial charge in [-0.05, 0) is 34.6 Å². The van der Waals surface area contributed by atoms with E-state index in [0.717, 1.165) is 6.92 Å². The molecule has 0 aromatic carbocycles. The number of rotatable bonds is 5. The molecule has 15 heavy (non-hydrogen) atoms. The number of carboxylic acids is 1. The number of carbonyl (C=O) groups is 1. The van der Waals surface area contributed by atoms with Gasteiger partial charge in [0.15, 0.2) is 0 Å². The zero-order valence-corrected chi connectivity index (χ0v) is 10.6. The quantitative estimate of drug-likeness (QED) is 0.662. The van der Waals surface area contributed by atoms with E-state index in [4.69, 9.17) is 5.11 Å². The van der Waals surface area contributed by atoms with E-state index < -0.39 is 12.1 Å². The lowest BCUT2D eigenvalue weighted by molar-refractivity contribution is -0.921. The molecule has 0 aromatic rings. The molecule has 0 aliphatic rings. The van der Waals surface area contributed by atoms with Gasteiger partial charge in [-0.15, -0.1) is 0 Å². The third-order valence-corrected chi connectivity index (χ3v) is 3.02. The highest BCUT2D eigenvalue weighted by atomic mass is 16.4. The lowest BCUT2D eigenvalue weighted by Gasteiger charge is -2.34. The Kier molecular flexibility index (Phi) is 9.72. The van der Waals surface area contributed by atoms with Crippen LogP contribution in [0.25, 0.3) is 0 Å². The van der Waals surface area contributed by atoms with Crippen molar-refractivity contribution in [3.8, 4) is 0 Å². The number of quaternary nitrogens is 1. The molecule has 0 aliphatic heterocycles. The second-order valence-corrected chi connectivity index (χ2v) is 3.60. The lowest BCUT2D eigenvalue weighted by Crippen LogP contribution is -2.47. The maximum Gasteiger partial charge on any atom is 0.0905 e. The Balaban J connectivity index is 0. The molecule has 0 bridgehead atoms. The normalized spacial score (nSPS) is 12.7. The molecular weight excluding hydrogens is 194 g/mol. The van der Waals surface area contributed by atoms with Crippen molar-refractivity contribution < 1.29 is 19.5 Å². The minimum atomic E-state index is -1.44. The molecule has 1 atom stereocenters. The van der Waals surface area contributed by atoms with Crippen molar-refractivity contribution in [2.75, 3.05) is 26.2 Å². The Bertz CT molecular complexity index is 148. The summed E-state index contributed by atoms with van der Waals surface area (Å²) < 4.78 is 1.28. The highest BCUT2D eigenvalue weighted by molar-refractivity contribution is 5.68. The SMILES string of the molecule is CC(O)C(=O)[O-].CC[N+](CC)(CC)CC. The number of carbonyl (C=O) groups excluding carboxylic acids is 1. The molecule has 1 N–H and O–H groups in total. The van der Waals surface area contributed by atoms with Crippen molar-refractivity contribution in [1.82, 2.24) is 0 Å². The number of hydrogen-bond donors (Lipinski definition) is 1. The summed E-state index contributed by atoms with van der Waals surface area (Å²) in [4.78, 5) is 9.34. The smallest absolute Gasteiger partial charge is 0.0905 e. The van der Waals surface area contributed by atoms with Gasteiger partial charge in [0.25, 0.3) is 0 Å². The van der Waals surface area contributed by atoms with E-state index in [-0.39, 0.29) is 0 Å². The van der Waals surface area contributed by atoms with E-state index >= 15 is 0 Å². The Morgan fingerprint density at radius 1 is 1.13 bits per heavy atom. The molecule has 0 saturated heterocycles. The third kappa shape index (κ3) is 7.33. The fourth-order valence-corrected chi connectivity index (χ4v) is 1.34. The summed E-state index contributed by atoms with van der Waals surface area (Å²) in [5.41, 5.74) is 0. The van der Waals surface area contributed by atoms with Crippen LogP contribution in [0.15, 0.2) is 0 Å². The summed E-state index contributed by atoms with van der Waals surface area (Å²) >= 11 is 0. The molecule has 0 radical (unpaired) electrons. The molecular formula is C11H25NO3. The molecule has 0 spiro atoms. The minimum absolute atomic E-state index is 1.13. The number of aliphatic hydroxyl groups is 1. The van der Waals surface area contributed by atoms with Crippen molar-refractivity contribution in [2.45, 2.75) is 40.7 Å². The Morgan fingerprint density at radius 3 is 1.33 bits per heavy atom. The summed E-state index contributed by atoms with van der Waals surface area (Å²) in [5.74, 6) is -1.44. The van der Waals surface area contributed by atoms with Crippen LogP contribution in [0.4, 0.5) is 0 Å². The molecule has 1 unspecified atom stereocenters. The first-order chi connectivity index (χ1) is 6.89. The van der Waals surface area contributed by atoms with E-state index in [1.54, 1.807) is 0 Å². The molecule has 92 valence electrons. The average Bonchev–Trinajstić information content (AvgIpc) is 2.23. The molecule has 0 heterocycles. The zero-order chi connectivity index (χ0) is 12.5. The van der Waals surface area contributed by atoms with E-state index in [1.807, 2.05) is 0 Å². The molecule has 0 saturated carbocycles. The molecule has 0 amide bonds. The number of aliphatic carboxylic acids is 1. The summed E-state index contributed by atoms with van der Waals surface area (Å²) in [6, 6.07) is 0. The molecule has 4 nitrogen and oxygen atoms in total. The van der Waals surface area contributed by atoms with E-state index in [2.05, 4.69) is 27.7 Å². The van der Waals surface area contributed by atoms with Crippen molar-refractivity contribution in [1.29, 1.82) is 0 Å². The van der Waals surface area contributed by atoms with Gasteiger partial charge >= 0.3 is 0 Å². The number of carboxylic acid groups (broad SMARTS) is 1. The van der Waals surface area contributed by atoms with Crippen LogP contribution in [0.2, 0.25) is 0 Å². The summed E-state index contributed by atoms with van der Waals surface area (Å²) in [7, 11) is 0. The van der Waals surface area contributed by atoms with Gasteiger partial charge in [-0.3, -0.25) is 0 Å². The van der Waals surface area contributed by atoms with Crippen molar-refractivity contribution in [3.05, 3.63) is 0 Å². The van der Waals surface area contributed by atoms with Crippen molar-refractivity contribution in [3.63, 3.8) is 0 Å². The molecule has 4 heteroatoms. The molecule has 0 fully saturated rings. The highest BCUT2D eigenvalue weighted by Crippen LogP contribution is 2.03. The first-order valence-corrected chi connectivity index (χ1v) is 5.63. The van der Waals surface area contributed by atoms with Gasteiger partial charge in [-0.2, -0.15) is 0 Å². The maximum atomic E-state index is 9.34. The summed E-state index contributed by atoms with van der Waals surface area (Å²) in [6.07, 6.45) is -1.34. The fraction of sp³-hybridized carbons (Fsp3) is 0.909. The fourth-order valence-electron chi connectivity index (χ4n) is 1.34. The monoisotopic (exact) mass is 219 g/mol. The predicted molar refractivity (Wildman–Crippen MR) is 59.1 cm³/mol. The average molecular weight is 219 g/mol. The van der Waals surface area contributed by atoms with E-state index in [0.29, 0.717) is 0 Å². The molecule has 0 rings (SSSR count). The van der Waals surface area contributed by atoms with E-state index in [9.17, 15) is 9.90 Å². The summed E-state index contributed by atoms with van der Waals surface area (Å²) in [5, 5.41) is 17.3. The van der Waals surface area contributed by atoms with Gasteiger partial charge in [0.1, 0.15) is 0 Å². The Labute approximate surface area is 93.1 Å². The molecule has 0 aromatic heterocycles. The van der Waals surface area contributed by atoms with Gasteiger partial charge in [0.2, 0.25) is 0 Å². The van der Waals surface area contributed by atoms with Crippen LogP contribution in [0.5, 0.6) is 0 Å². The van der Waals surface area contributed by atoms with Crippen LogP contribution in [-0.4, -0.2) is 47.8 Å². The third-order valence-electron chi connectivity index (χ3n) is 3.02. The highest BCUT2D eigenvalue weighted by Gasteiger charge is 2.16. The second kappa shape index (κ2) is 8.68. The van der Waals surface area contributed by atoms with Gasteiger partial charge in [0, 0.05) is 0 Å². The predicted octanol–water partition coefficient (Wildman–Crippen LogP) is -0.0001000. The van der Waals surface area contributed by atoms with Crippen LogP contribution < -0.4 is 5.11 Å². The van der Waals surface area contributed by atoms with Gasteiger partial charge in [-0.1, -0.05) is 0 Å². The van der Waals surface area contributed by atoms with Crippen molar-refractivity contribution >= 4 is 5.97 Å². The number of hydrogen-bond acceptors (Lipinski definition) is 3. The number of aliphatic hydroxyl groups excluding tert-OH is 1. The van der Waals surface area contributed by atoms with Crippen LogP contribution in [-0.2, 0) is 4.79 Å². The molecule has 0 aliphatic carbocycles. The maximum absolute atomic E-state index is 9.34. The Morgan fingerprint density at radius 2 is 1.33 bits per heavy atom. The van der Waals surface area contributed by atoms with Gasteiger partial charge < -0.3 is 19.5 Å². The topological polar surface area (TPSA) is 60.4 Å². The van der Waals surface area contributed by atoms with Crippen LogP contribution in [0.1, 0.15) is 34.6 Å². The van der Waals surface area contributed by atoms with Gasteiger partial charge in [0.05, 0.1) is 38.3 Å². The largest absolute Gasteiger partial charge is 0.547 e. The number of nitrogens with zero attached hydrogens (tertiary/aromatic N) is 1.